The molecule has 4 nitrogen and oxygen atoms in total. The van der Waals surface area contributed by atoms with Crippen LogP contribution in [-0.2, 0) is 10.5 Å². The van der Waals surface area contributed by atoms with E-state index >= 15 is 0 Å². The third-order valence-electron chi connectivity index (χ3n) is 1.46. The van der Waals surface area contributed by atoms with Gasteiger partial charge in [-0.15, -0.1) is 0 Å². The summed E-state index contributed by atoms with van der Waals surface area (Å²) in [5.74, 6) is -1.20. The smallest absolute Gasteiger partial charge is 0.487 e. The summed E-state index contributed by atoms with van der Waals surface area (Å²) in [6.45, 7) is 3.30. The number of hydrogen-bond acceptors (Lipinski definition) is 4. The number of benzene rings is 1. The molecule has 0 aliphatic rings. The largest absolute Gasteiger partial charge is 0.488 e. The lowest BCUT2D eigenvalue weighted by Crippen LogP contribution is -2.09. The van der Waals surface area contributed by atoms with Crippen LogP contribution in [0.1, 0.15) is 13.8 Å². The van der Waals surface area contributed by atoms with Crippen LogP contribution in [0.2, 0.25) is 0 Å². The Hall–Kier alpha value is -1.37. The molecule has 90 valence electrons. The Labute approximate surface area is 92.2 Å². The molecule has 7 heteroatoms. The molecule has 0 N–H and O–H groups in total. The first-order valence-electron chi connectivity index (χ1n) is 4.38. The molecule has 0 saturated heterocycles. The van der Waals surface area contributed by atoms with E-state index in [4.69, 9.17) is 4.74 Å². The van der Waals surface area contributed by atoms with Gasteiger partial charge in [-0.1, -0.05) is 3.89 Å². The van der Waals surface area contributed by atoms with Crippen molar-refractivity contribution in [2.75, 3.05) is 0 Å². The maximum Gasteiger partial charge on any atom is 0.488 e. The van der Waals surface area contributed by atoms with Crippen LogP contribution in [0.4, 0.5) is 8.28 Å². The Kier molecular flexibility index (Phi) is 3.69. The van der Waals surface area contributed by atoms with Crippen LogP contribution in [0.3, 0.4) is 0 Å². The van der Waals surface area contributed by atoms with E-state index in [0.717, 1.165) is 18.2 Å². The van der Waals surface area contributed by atoms with Gasteiger partial charge in [-0.25, -0.2) is 4.39 Å². The van der Waals surface area contributed by atoms with Crippen LogP contribution in [0.15, 0.2) is 18.2 Å². The highest BCUT2D eigenvalue weighted by atomic mass is 32.3. The molecule has 0 atom stereocenters. The van der Waals surface area contributed by atoms with Crippen LogP contribution in [0.25, 0.3) is 0 Å². The van der Waals surface area contributed by atoms with Gasteiger partial charge in [0.15, 0.2) is 11.5 Å². The second-order valence-electron chi connectivity index (χ2n) is 3.23. The molecule has 1 rings (SSSR count). The fourth-order valence-corrected chi connectivity index (χ4v) is 1.36. The molecule has 0 spiro atoms. The zero-order valence-corrected chi connectivity index (χ0v) is 9.42. The quantitative estimate of drug-likeness (QED) is 0.771. The Morgan fingerprint density at radius 2 is 1.88 bits per heavy atom. The van der Waals surface area contributed by atoms with Crippen LogP contribution >= 0.6 is 0 Å². The molecule has 0 aliphatic carbocycles. The van der Waals surface area contributed by atoms with Crippen molar-refractivity contribution in [1.29, 1.82) is 0 Å². The average molecular weight is 252 g/mol. The molecule has 0 bridgehead atoms. The van der Waals surface area contributed by atoms with Crippen LogP contribution < -0.4 is 8.92 Å². The summed E-state index contributed by atoms with van der Waals surface area (Å²) < 4.78 is 54.8. The zero-order valence-electron chi connectivity index (χ0n) is 8.61. The zero-order chi connectivity index (χ0) is 12.3. The fraction of sp³-hybridized carbons (Fsp3) is 0.333. The van der Waals surface area contributed by atoms with Crippen molar-refractivity contribution in [3.8, 4) is 11.5 Å². The number of rotatable bonds is 4. The normalized spacial score (nSPS) is 11.6. The Morgan fingerprint density at radius 1 is 1.25 bits per heavy atom. The van der Waals surface area contributed by atoms with Gasteiger partial charge in [0.25, 0.3) is 0 Å². The van der Waals surface area contributed by atoms with Crippen molar-refractivity contribution in [2.45, 2.75) is 20.0 Å². The van der Waals surface area contributed by atoms with Gasteiger partial charge >= 0.3 is 10.5 Å². The highest BCUT2D eigenvalue weighted by molar-refractivity contribution is 7.81. The van der Waals surface area contributed by atoms with Crippen molar-refractivity contribution in [3.05, 3.63) is 24.0 Å². The molecule has 16 heavy (non-hydrogen) atoms. The van der Waals surface area contributed by atoms with E-state index in [0.29, 0.717) is 0 Å². The van der Waals surface area contributed by atoms with Crippen LogP contribution in [0.5, 0.6) is 11.5 Å². The second kappa shape index (κ2) is 4.65. The third kappa shape index (κ3) is 4.01. The van der Waals surface area contributed by atoms with Gasteiger partial charge in [-0.05, 0) is 26.0 Å². The summed E-state index contributed by atoms with van der Waals surface area (Å²) in [6, 6.07) is 2.83. The average Bonchev–Trinajstić information content (AvgIpc) is 2.06. The number of hydrogen-bond donors (Lipinski definition) is 0. The highest BCUT2D eigenvalue weighted by Gasteiger charge is 2.16. The SMILES string of the molecule is CC(C)Oc1cc(F)ccc1OS(=O)(=O)F. The Morgan fingerprint density at radius 3 is 2.38 bits per heavy atom. The van der Waals surface area contributed by atoms with Crippen LogP contribution in [0, 0.1) is 5.82 Å². The summed E-state index contributed by atoms with van der Waals surface area (Å²) in [6.07, 6.45) is -0.327. The first-order chi connectivity index (χ1) is 7.28. The molecule has 0 heterocycles. The summed E-state index contributed by atoms with van der Waals surface area (Å²) in [5.41, 5.74) is 0. The van der Waals surface area contributed by atoms with E-state index in [1.165, 1.54) is 0 Å². The second-order valence-corrected chi connectivity index (χ2v) is 4.19. The number of halogens is 2. The molecule has 0 aliphatic heterocycles. The highest BCUT2D eigenvalue weighted by Crippen LogP contribution is 2.30. The molecule has 0 fully saturated rings. The topological polar surface area (TPSA) is 52.6 Å². The van der Waals surface area contributed by atoms with Gasteiger partial charge in [0.05, 0.1) is 6.10 Å². The minimum atomic E-state index is -5.15. The maximum absolute atomic E-state index is 12.9. The molecule has 0 radical (unpaired) electrons. The summed E-state index contributed by atoms with van der Waals surface area (Å²) >= 11 is 0. The van der Waals surface area contributed by atoms with E-state index in [1.54, 1.807) is 13.8 Å². The molecule has 1 aromatic rings. The lowest BCUT2D eigenvalue weighted by molar-refractivity contribution is 0.234. The molecular weight excluding hydrogens is 242 g/mol. The first-order valence-corrected chi connectivity index (χ1v) is 5.69. The minimum Gasteiger partial charge on any atom is -0.487 e. The van der Waals surface area contributed by atoms with E-state index < -0.39 is 22.1 Å². The van der Waals surface area contributed by atoms with Gasteiger partial charge in [0.1, 0.15) is 5.82 Å². The van der Waals surface area contributed by atoms with Gasteiger partial charge in [-0.3, -0.25) is 0 Å². The van der Waals surface area contributed by atoms with Crippen molar-refractivity contribution in [1.82, 2.24) is 0 Å². The molecule has 1 aromatic carbocycles. The monoisotopic (exact) mass is 252 g/mol. The third-order valence-corrected chi connectivity index (χ3v) is 1.84. The molecule has 0 aromatic heterocycles. The first kappa shape index (κ1) is 12.7. The summed E-state index contributed by atoms with van der Waals surface area (Å²) in [4.78, 5) is 0. The molecule has 0 amide bonds. The van der Waals surface area contributed by atoms with E-state index in [-0.39, 0.29) is 11.9 Å². The van der Waals surface area contributed by atoms with E-state index in [2.05, 4.69) is 4.18 Å². The van der Waals surface area contributed by atoms with Gasteiger partial charge in [0, 0.05) is 6.07 Å². The van der Waals surface area contributed by atoms with Crippen molar-refractivity contribution in [3.63, 3.8) is 0 Å². The van der Waals surface area contributed by atoms with Gasteiger partial charge in [0.2, 0.25) is 0 Å². The van der Waals surface area contributed by atoms with Crippen molar-refractivity contribution >= 4 is 10.5 Å². The predicted octanol–water partition coefficient (Wildman–Crippen LogP) is 2.21. The molecule has 0 saturated carbocycles. The fourth-order valence-electron chi connectivity index (χ4n) is 1.00. The van der Waals surface area contributed by atoms with Crippen molar-refractivity contribution < 1.29 is 25.6 Å². The maximum atomic E-state index is 12.9. The Bertz CT molecular complexity index is 470. The molecular formula is C9H10F2O4S. The number of ether oxygens (including phenoxy) is 1. The minimum absolute atomic E-state index is 0.170. The van der Waals surface area contributed by atoms with Gasteiger partial charge in [-0.2, -0.15) is 8.42 Å². The molecule has 0 unspecified atom stereocenters. The van der Waals surface area contributed by atoms with Gasteiger partial charge < -0.3 is 8.92 Å². The van der Waals surface area contributed by atoms with Crippen molar-refractivity contribution in [2.24, 2.45) is 0 Å². The lowest BCUT2D eigenvalue weighted by atomic mass is 10.3. The van der Waals surface area contributed by atoms with E-state index in [9.17, 15) is 16.7 Å². The summed E-state index contributed by atoms with van der Waals surface area (Å²) in [7, 11) is -5.15. The van der Waals surface area contributed by atoms with E-state index in [1.807, 2.05) is 0 Å². The Balaban J connectivity index is 3.07. The summed E-state index contributed by atoms with van der Waals surface area (Å²) in [5, 5.41) is 0. The predicted molar refractivity (Wildman–Crippen MR) is 52.8 cm³/mol. The lowest BCUT2D eigenvalue weighted by Gasteiger charge is -2.12. The van der Waals surface area contributed by atoms with Crippen LogP contribution in [-0.4, -0.2) is 14.5 Å². The standard InChI is InChI=1S/C9H10F2O4S/c1-6(2)14-9-5-7(10)3-4-8(9)15-16(11,12)13/h3-6H,1-2H3.